The fraction of sp³-hybridized carbons (Fsp3) is 0.900. The zero-order chi connectivity index (χ0) is 16.0. The average Bonchev–Trinajstić information content (AvgIpc) is 1.59. The van der Waals surface area contributed by atoms with Crippen molar-refractivity contribution in [1.82, 2.24) is 0 Å². The summed E-state index contributed by atoms with van der Waals surface area (Å²) in [5.41, 5.74) is 0. The lowest BCUT2D eigenvalue weighted by molar-refractivity contribution is 0.677. The topological polar surface area (TPSA) is 51.2 Å². The number of hydrogen-bond donors (Lipinski definition) is 0. The van der Waals surface area contributed by atoms with Crippen LogP contribution in [-0.2, 0) is 26.1 Å². The Kier molecular flexibility index (Phi) is 5.09. The third-order valence-electron chi connectivity index (χ3n) is 2.03. The van der Waals surface area contributed by atoms with E-state index in [-0.39, 0.29) is 10.8 Å². The lowest BCUT2D eigenvalue weighted by atomic mass is 11.7. The Hall–Kier alpha value is 1.12. The Morgan fingerprint density at radius 2 is 1.26 bits per heavy atom. The first-order valence-corrected chi connectivity index (χ1v) is 18.6. The first-order chi connectivity index (χ1) is 7.62. The zero-order valence-electron chi connectivity index (χ0n) is 12.7. The highest BCUT2D eigenvalue weighted by molar-refractivity contribution is 8.40. The van der Waals surface area contributed by atoms with E-state index in [0.29, 0.717) is 0 Å². The minimum absolute atomic E-state index is 0.230. The summed E-state index contributed by atoms with van der Waals surface area (Å²) in [6.07, 6.45) is 9.24. The molecule has 3 nitrogen and oxygen atoms in total. The molecule has 19 heavy (non-hydrogen) atoms. The second-order valence-electron chi connectivity index (χ2n) is 7.20. The van der Waals surface area contributed by atoms with Crippen LogP contribution in [0.15, 0.2) is 0 Å². The van der Waals surface area contributed by atoms with Crippen LogP contribution >= 0.6 is 21.4 Å². The van der Waals surface area contributed by atoms with E-state index >= 15 is 0 Å². The summed E-state index contributed by atoms with van der Waals surface area (Å²) in [5, 5.41) is 0.459. The zero-order valence-corrected chi connectivity index (χ0v) is 17.7. The highest BCUT2D eigenvalue weighted by Gasteiger charge is 2.42. The minimum atomic E-state index is -3.29. The Labute approximate surface area is 127 Å². The van der Waals surface area contributed by atoms with Gasteiger partial charge >= 0.3 is 0 Å². The summed E-state index contributed by atoms with van der Waals surface area (Å²) in [6.45, 7) is 1.89. The Morgan fingerprint density at radius 1 is 1.00 bits per heavy atom. The molecule has 0 saturated carbocycles. The summed E-state index contributed by atoms with van der Waals surface area (Å²) in [7, 11) is 0.999. The summed E-state index contributed by atoms with van der Waals surface area (Å²) in [5.74, 6) is 0. The maximum Gasteiger partial charge on any atom is 0.108 e. The monoisotopic (exact) mass is 388 g/mol. The molecule has 9 heteroatoms. The number of hydrogen-bond acceptors (Lipinski definition) is 3. The fourth-order valence-electron chi connectivity index (χ4n) is 2.63. The summed E-state index contributed by atoms with van der Waals surface area (Å²) in [4.78, 5) is 1.74. The predicted molar refractivity (Wildman–Crippen MR) is 99.1 cm³/mol. The van der Waals surface area contributed by atoms with Crippen LogP contribution < -0.4 is 0 Å². The Bertz CT molecular complexity index is 556. The molecule has 0 aliphatic rings. The van der Waals surface area contributed by atoms with Crippen LogP contribution in [0.5, 0.6) is 0 Å². The van der Waals surface area contributed by atoms with E-state index in [9.17, 15) is 12.6 Å². The van der Waals surface area contributed by atoms with Crippen LogP contribution in [0, 0.1) is 0 Å². The van der Waals surface area contributed by atoms with Gasteiger partial charge < -0.3 is 0 Å². The van der Waals surface area contributed by atoms with Gasteiger partial charge in [0.1, 0.15) is 8.07 Å². The van der Waals surface area contributed by atoms with E-state index in [1.54, 1.807) is 17.5 Å². The van der Waals surface area contributed by atoms with Gasteiger partial charge in [0.05, 0.1) is 0 Å². The molecule has 0 N–H and O–H groups in total. The van der Waals surface area contributed by atoms with Crippen LogP contribution in [0.2, 0.25) is 6.55 Å². The van der Waals surface area contributed by atoms with Crippen molar-refractivity contribution in [3.8, 4) is 0 Å². The van der Waals surface area contributed by atoms with Gasteiger partial charge in [0.2, 0.25) is 0 Å². The molecule has 0 unspecified atom stereocenters. The van der Waals surface area contributed by atoms with Crippen molar-refractivity contribution in [3.63, 3.8) is 0 Å². The number of rotatable bonds is 5. The smallest absolute Gasteiger partial charge is 0.108 e. The van der Waals surface area contributed by atoms with Crippen LogP contribution in [0.4, 0.5) is 0 Å². The van der Waals surface area contributed by atoms with Gasteiger partial charge in [-0.2, -0.15) is 0 Å². The molecule has 0 bridgehead atoms. The lowest BCUT2D eigenvalue weighted by Crippen LogP contribution is -2.56. The highest BCUT2D eigenvalue weighted by Crippen LogP contribution is 2.33. The van der Waals surface area contributed by atoms with Crippen LogP contribution in [-0.4, -0.2) is 74.0 Å². The largest absolute Gasteiger partial charge is 0.269 e. The Morgan fingerprint density at radius 3 is 1.42 bits per heavy atom. The van der Waals surface area contributed by atoms with Crippen molar-refractivity contribution in [2.75, 3.05) is 48.3 Å². The third-order valence-corrected chi connectivity index (χ3v) is 20.3. The van der Waals surface area contributed by atoms with Crippen LogP contribution in [0.25, 0.3) is 0 Å². The number of halogens is 2. The molecule has 0 aromatic carbocycles. The van der Waals surface area contributed by atoms with Gasteiger partial charge in [0.25, 0.3) is 0 Å². The molecule has 0 aromatic rings. The van der Waals surface area contributed by atoms with E-state index < -0.39 is 34.2 Å². The van der Waals surface area contributed by atoms with Crippen molar-refractivity contribution < 1.29 is 12.6 Å². The fourth-order valence-corrected chi connectivity index (χ4v) is 30.2. The molecule has 0 amide bonds. The quantitative estimate of drug-likeness (QED) is 0.407. The van der Waals surface area contributed by atoms with Crippen LogP contribution in [0.3, 0.4) is 0 Å². The molecule has 0 aliphatic heterocycles. The molecule has 0 fully saturated rings. The molecule has 0 spiro atoms. The summed E-state index contributed by atoms with van der Waals surface area (Å²) in [6, 6.07) is 0. The van der Waals surface area contributed by atoms with Crippen molar-refractivity contribution >= 4 is 60.5 Å². The first kappa shape index (κ1) is 20.1. The molecule has 120 valence electrons. The van der Waals surface area contributed by atoms with Crippen molar-refractivity contribution in [1.29, 1.82) is 0 Å². The predicted octanol–water partition coefficient (Wildman–Crippen LogP) is 1.50. The van der Waals surface area contributed by atoms with Crippen LogP contribution in [0.1, 0.15) is 0 Å². The molecule has 0 radical (unpaired) electrons. The maximum absolute atomic E-state index is 12.4. The Balaban J connectivity index is 5.89. The normalized spacial score (nSPS) is 21.5. The van der Waals surface area contributed by atoms with Gasteiger partial charge in [0.15, 0.2) is 0 Å². The summed E-state index contributed by atoms with van der Waals surface area (Å²) < 4.78 is 37.0. The molecule has 0 atom stereocenters. The van der Waals surface area contributed by atoms with Crippen molar-refractivity contribution in [3.05, 3.63) is 0 Å². The highest BCUT2D eigenvalue weighted by atomic mass is 35.7. The van der Waals surface area contributed by atoms with Gasteiger partial charge in [-0.05, 0) is 52.4 Å². The lowest BCUT2D eigenvalue weighted by Gasteiger charge is -2.40. The van der Waals surface area contributed by atoms with Gasteiger partial charge in [-0.1, -0.05) is 6.55 Å². The second kappa shape index (κ2) is 4.81. The van der Waals surface area contributed by atoms with E-state index in [1.165, 1.54) is 25.0 Å². The standard InChI is InChI=1S/C10H26Cl2O3S3Si/c1-16(2,13)8-19(7,9-17(3,4,11)14)10-18(5,6,12)15/h8H,9-10H2,1-7H3. The van der Waals surface area contributed by atoms with Gasteiger partial charge in [0, 0.05) is 48.3 Å². The molecule has 0 saturated heterocycles. The maximum atomic E-state index is 12.4. The van der Waals surface area contributed by atoms with Gasteiger partial charge in [-0.15, -0.1) is 0 Å². The molecule has 0 rings (SSSR count). The molecule has 0 heterocycles. The summed E-state index contributed by atoms with van der Waals surface area (Å²) >= 11 is 0. The second-order valence-corrected chi connectivity index (χ2v) is 29.8. The molecular weight excluding hydrogens is 363 g/mol. The van der Waals surface area contributed by atoms with Crippen molar-refractivity contribution in [2.45, 2.75) is 6.55 Å². The average molecular weight is 390 g/mol. The van der Waals surface area contributed by atoms with Crippen molar-refractivity contribution in [2.24, 2.45) is 0 Å². The first-order valence-electron chi connectivity index (χ1n) is 5.57. The third kappa shape index (κ3) is 12.6. The van der Waals surface area contributed by atoms with E-state index in [2.05, 4.69) is 0 Å². The SMILES string of the molecule is C[Si](C=S(C)(C)=O)(CS(C)(C)(=O)Cl)CS(C)(C)(=O)Cl. The molecular formula is C10H26Cl2O3S3Si. The van der Waals surface area contributed by atoms with E-state index in [4.69, 9.17) is 21.4 Å². The molecule has 0 aliphatic carbocycles. The van der Waals surface area contributed by atoms with E-state index in [1.807, 2.05) is 6.55 Å². The van der Waals surface area contributed by atoms with Gasteiger partial charge in [-0.25, -0.2) is 0 Å². The minimum Gasteiger partial charge on any atom is -0.269 e. The van der Waals surface area contributed by atoms with Gasteiger partial charge in [-0.3, -0.25) is 12.6 Å². The molecule has 0 aromatic heterocycles. The van der Waals surface area contributed by atoms with E-state index in [0.717, 1.165) is 0 Å².